The Morgan fingerprint density at radius 2 is 2.17 bits per heavy atom. The lowest BCUT2D eigenvalue weighted by atomic mass is 10.2. The summed E-state index contributed by atoms with van der Waals surface area (Å²) in [5.74, 6) is -1.09. The molecule has 0 radical (unpaired) electrons. The van der Waals surface area contributed by atoms with Crippen LogP contribution in [0.3, 0.4) is 0 Å². The van der Waals surface area contributed by atoms with Crippen LogP contribution in [0.1, 0.15) is 6.92 Å². The minimum absolute atomic E-state index is 0.133. The van der Waals surface area contributed by atoms with E-state index in [9.17, 15) is 9.59 Å². The monoisotopic (exact) mass is 170 g/mol. The number of hydrogen-bond acceptors (Lipinski definition) is 4. The maximum absolute atomic E-state index is 10.8. The molecule has 0 aromatic rings. The molecule has 12 heavy (non-hydrogen) atoms. The molecule has 0 spiro atoms. The van der Waals surface area contributed by atoms with E-state index in [1.807, 2.05) is 0 Å². The van der Waals surface area contributed by atoms with Crippen LogP contribution in [0.25, 0.3) is 0 Å². The predicted octanol–water partition coefficient (Wildman–Crippen LogP) is 0.181. The highest BCUT2D eigenvalue weighted by molar-refractivity contribution is 6.04. The number of carbonyl (C=O) groups excluding carboxylic acids is 2. The summed E-state index contributed by atoms with van der Waals surface area (Å²) in [5, 5.41) is 8.20. The lowest BCUT2D eigenvalue weighted by Gasteiger charge is -1.98. The summed E-state index contributed by atoms with van der Waals surface area (Å²) >= 11 is 0. The molecule has 1 N–H and O–H groups in total. The number of hydrogen-bond donors (Lipinski definition) is 1. The van der Waals surface area contributed by atoms with Gasteiger partial charge < -0.3 is 9.84 Å². The van der Waals surface area contributed by atoms with E-state index >= 15 is 0 Å². The summed E-state index contributed by atoms with van der Waals surface area (Å²) in [5.41, 5.74) is 0.133. The maximum Gasteiger partial charge on any atom is 0.335 e. The van der Waals surface area contributed by atoms with Crippen molar-refractivity contribution in [2.75, 3.05) is 6.79 Å². The highest BCUT2D eigenvalue weighted by atomic mass is 16.6. The van der Waals surface area contributed by atoms with Crippen LogP contribution in [-0.2, 0) is 14.3 Å². The zero-order chi connectivity index (χ0) is 9.56. The van der Waals surface area contributed by atoms with Gasteiger partial charge in [-0.25, -0.2) is 4.79 Å². The first-order chi connectivity index (χ1) is 5.61. The first-order valence-corrected chi connectivity index (χ1v) is 3.24. The SMILES string of the molecule is C=CC(=O)C=C(C)C(=O)OCO. The highest BCUT2D eigenvalue weighted by Gasteiger charge is 2.05. The molecule has 0 aliphatic carbocycles. The Morgan fingerprint density at radius 1 is 1.58 bits per heavy atom. The second kappa shape index (κ2) is 5.26. The number of aliphatic hydroxyl groups is 1. The van der Waals surface area contributed by atoms with Crippen LogP contribution in [-0.4, -0.2) is 23.7 Å². The van der Waals surface area contributed by atoms with E-state index in [0.717, 1.165) is 12.2 Å². The second-order valence-corrected chi connectivity index (χ2v) is 1.99. The van der Waals surface area contributed by atoms with Gasteiger partial charge in [0.2, 0.25) is 0 Å². The number of ketones is 1. The van der Waals surface area contributed by atoms with E-state index in [0.29, 0.717) is 0 Å². The maximum atomic E-state index is 10.8. The van der Waals surface area contributed by atoms with Crippen LogP contribution in [0.2, 0.25) is 0 Å². The van der Waals surface area contributed by atoms with E-state index in [1.165, 1.54) is 6.92 Å². The summed E-state index contributed by atoms with van der Waals surface area (Å²) in [4.78, 5) is 21.4. The average Bonchev–Trinajstić information content (AvgIpc) is 2.04. The molecular formula is C8H10O4. The van der Waals surface area contributed by atoms with E-state index in [2.05, 4.69) is 11.3 Å². The molecule has 0 aromatic heterocycles. The molecular weight excluding hydrogens is 160 g/mol. The molecule has 0 bridgehead atoms. The Bertz CT molecular complexity index is 227. The van der Waals surface area contributed by atoms with Crippen LogP contribution in [0.4, 0.5) is 0 Å². The van der Waals surface area contributed by atoms with Crippen LogP contribution in [0, 0.1) is 0 Å². The molecule has 4 heteroatoms. The lowest BCUT2D eigenvalue weighted by molar-refractivity contribution is -0.147. The van der Waals surface area contributed by atoms with Crippen molar-refractivity contribution in [2.45, 2.75) is 6.92 Å². The number of esters is 1. The Balaban J connectivity index is 4.26. The fourth-order valence-corrected chi connectivity index (χ4v) is 0.504. The van der Waals surface area contributed by atoms with Gasteiger partial charge in [0, 0.05) is 5.57 Å². The largest absolute Gasteiger partial charge is 0.435 e. The molecule has 0 aliphatic heterocycles. The van der Waals surface area contributed by atoms with Crippen molar-refractivity contribution in [1.82, 2.24) is 0 Å². The predicted molar refractivity (Wildman–Crippen MR) is 42.1 cm³/mol. The highest BCUT2D eigenvalue weighted by Crippen LogP contribution is 1.96. The van der Waals surface area contributed by atoms with Gasteiger partial charge in [0.15, 0.2) is 12.6 Å². The molecule has 0 atom stereocenters. The third kappa shape index (κ3) is 3.68. The van der Waals surface area contributed by atoms with Gasteiger partial charge >= 0.3 is 5.97 Å². The topological polar surface area (TPSA) is 63.6 Å². The van der Waals surface area contributed by atoms with Crippen LogP contribution in [0.15, 0.2) is 24.3 Å². The standard InChI is InChI=1S/C8H10O4/c1-3-7(10)4-6(2)8(11)12-5-9/h3-4,9H,1,5H2,2H3. The summed E-state index contributed by atoms with van der Waals surface area (Å²) in [6, 6.07) is 0. The third-order valence-corrected chi connectivity index (χ3v) is 1.08. The van der Waals surface area contributed by atoms with Gasteiger partial charge in [0.1, 0.15) is 0 Å². The Kier molecular flexibility index (Phi) is 4.64. The molecule has 0 heterocycles. The Morgan fingerprint density at radius 3 is 2.58 bits per heavy atom. The van der Waals surface area contributed by atoms with Crippen molar-refractivity contribution < 1.29 is 19.4 Å². The van der Waals surface area contributed by atoms with Crippen LogP contribution in [0.5, 0.6) is 0 Å². The Labute approximate surface area is 70.1 Å². The number of carbonyl (C=O) groups is 2. The van der Waals surface area contributed by atoms with Crippen molar-refractivity contribution in [1.29, 1.82) is 0 Å². The van der Waals surface area contributed by atoms with Gasteiger partial charge in [0.05, 0.1) is 0 Å². The van der Waals surface area contributed by atoms with Crippen molar-refractivity contribution in [2.24, 2.45) is 0 Å². The first-order valence-electron chi connectivity index (χ1n) is 3.24. The van der Waals surface area contributed by atoms with Crippen LogP contribution >= 0.6 is 0 Å². The molecule has 0 saturated carbocycles. The van der Waals surface area contributed by atoms with Crippen LogP contribution < -0.4 is 0 Å². The van der Waals surface area contributed by atoms with E-state index in [-0.39, 0.29) is 11.4 Å². The molecule has 66 valence electrons. The third-order valence-electron chi connectivity index (χ3n) is 1.08. The van der Waals surface area contributed by atoms with Gasteiger partial charge in [-0.1, -0.05) is 6.58 Å². The molecule has 0 saturated heterocycles. The zero-order valence-electron chi connectivity index (χ0n) is 6.74. The molecule has 0 amide bonds. The van der Waals surface area contributed by atoms with Crippen molar-refractivity contribution >= 4 is 11.8 Å². The van der Waals surface area contributed by atoms with Crippen molar-refractivity contribution in [3.8, 4) is 0 Å². The van der Waals surface area contributed by atoms with Gasteiger partial charge in [0.25, 0.3) is 0 Å². The van der Waals surface area contributed by atoms with Gasteiger partial charge in [-0.2, -0.15) is 0 Å². The van der Waals surface area contributed by atoms with Gasteiger partial charge in [-0.15, -0.1) is 0 Å². The van der Waals surface area contributed by atoms with E-state index in [1.54, 1.807) is 0 Å². The molecule has 0 aromatic carbocycles. The quantitative estimate of drug-likeness (QED) is 0.371. The number of rotatable bonds is 4. The van der Waals surface area contributed by atoms with E-state index < -0.39 is 12.8 Å². The molecule has 0 unspecified atom stereocenters. The molecule has 0 rings (SSSR count). The molecule has 0 aliphatic rings. The second-order valence-electron chi connectivity index (χ2n) is 1.99. The summed E-state index contributed by atoms with van der Waals surface area (Å²) in [7, 11) is 0. The first kappa shape index (κ1) is 10.6. The summed E-state index contributed by atoms with van der Waals surface area (Å²) < 4.78 is 4.21. The fraction of sp³-hybridized carbons (Fsp3) is 0.250. The van der Waals surface area contributed by atoms with Crippen molar-refractivity contribution in [3.63, 3.8) is 0 Å². The number of ether oxygens (including phenoxy) is 1. The molecule has 4 nitrogen and oxygen atoms in total. The zero-order valence-corrected chi connectivity index (χ0v) is 6.74. The average molecular weight is 170 g/mol. The minimum atomic E-state index is -0.715. The summed E-state index contributed by atoms with van der Waals surface area (Å²) in [6.07, 6.45) is 2.17. The number of aliphatic hydroxyl groups excluding tert-OH is 1. The van der Waals surface area contributed by atoms with Gasteiger partial charge in [-0.05, 0) is 19.1 Å². The number of allylic oxidation sites excluding steroid dienone is 2. The lowest BCUT2D eigenvalue weighted by Crippen LogP contribution is -2.07. The summed E-state index contributed by atoms with van der Waals surface area (Å²) in [6.45, 7) is 3.95. The fourth-order valence-electron chi connectivity index (χ4n) is 0.504. The van der Waals surface area contributed by atoms with E-state index in [4.69, 9.17) is 5.11 Å². The van der Waals surface area contributed by atoms with Gasteiger partial charge in [-0.3, -0.25) is 4.79 Å². The normalized spacial score (nSPS) is 10.7. The molecule has 0 fully saturated rings. The van der Waals surface area contributed by atoms with Crippen molar-refractivity contribution in [3.05, 3.63) is 24.3 Å². The minimum Gasteiger partial charge on any atom is -0.435 e. The Hall–Kier alpha value is -1.42. The smallest absolute Gasteiger partial charge is 0.335 e.